The van der Waals surface area contributed by atoms with Crippen LogP contribution in [0.25, 0.3) is 0 Å². The van der Waals surface area contributed by atoms with Gasteiger partial charge in [-0.3, -0.25) is 0 Å². The number of methoxy groups -OCH3 is 1. The third-order valence-electron chi connectivity index (χ3n) is 3.51. The van der Waals surface area contributed by atoms with Crippen molar-refractivity contribution in [1.29, 1.82) is 0 Å². The molecule has 0 saturated heterocycles. The van der Waals surface area contributed by atoms with Crippen molar-refractivity contribution in [3.63, 3.8) is 0 Å². The minimum absolute atomic E-state index is 0.501. The average molecular weight is 269 g/mol. The van der Waals surface area contributed by atoms with E-state index in [1.807, 2.05) is 18.4 Å². The molecule has 0 radical (unpaired) electrons. The molecular weight excluding hydrogens is 246 g/mol. The number of anilines is 1. The van der Waals surface area contributed by atoms with Crippen LogP contribution in [0.1, 0.15) is 36.4 Å². The number of ether oxygens (including phenoxy) is 1. The Bertz CT molecular complexity index is 380. The summed E-state index contributed by atoms with van der Waals surface area (Å²) in [5.74, 6) is 0. The standard InChI is InChI=1S/C13H23N3OS/c1-4-16(8-9-17-3)13-15-11-7-5-6-10(14-2)12(11)18-13/h10,14H,4-9H2,1-3H3. The monoisotopic (exact) mass is 269 g/mol. The van der Waals surface area contributed by atoms with Crippen LogP contribution in [0.4, 0.5) is 5.13 Å². The van der Waals surface area contributed by atoms with Gasteiger partial charge in [0.1, 0.15) is 0 Å². The number of nitrogens with one attached hydrogen (secondary N) is 1. The highest BCUT2D eigenvalue weighted by atomic mass is 32.1. The molecule has 0 spiro atoms. The van der Waals surface area contributed by atoms with Crippen molar-refractivity contribution >= 4 is 16.5 Å². The minimum atomic E-state index is 0.501. The van der Waals surface area contributed by atoms with Gasteiger partial charge in [-0.15, -0.1) is 0 Å². The first kappa shape index (κ1) is 13.8. The number of nitrogens with zero attached hydrogens (tertiary/aromatic N) is 2. The molecule has 1 aliphatic rings. The second kappa shape index (κ2) is 6.50. The summed E-state index contributed by atoms with van der Waals surface area (Å²) < 4.78 is 5.16. The first-order valence-electron chi connectivity index (χ1n) is 6.70. The molecule has 18 heavy (non-hydrogen) atoms. The van der Waals surface area contributed by atoms with Crippen LogP contribution in [0, 0.1) is 0 Å². The van der Waals surface area contributed by atoms with Crippen LogP contribution in [0.5, 0.6) is 0 Å². The van der Waals surface area contributed by atoms with Gasteiger partial charge in [0.05, 0.1) is 12.3 Å². The van der Waals surface area contributed by atoms with Crippen LogP contribution in [-0.4, -0.2) is 38.8 Å². The lowest BCUT2D eigenvalue weighted by Gasteiger charge is -2.20. The number of fused-ring (bicyclic) bond motifs is 1. The van der Waals surface area contributed by atoms with Crippen LogP contribution < -0.4 is 10.2 Å². The van der Waals surface area contributed by atoms with E-state index in [4.69, 9.17) is 9.72 Å². The van der Waals surface area contributed by atoms with Gasteiger partial charge in [0, 0.05) is 31.1 Å². The maximum Gasteiger partial charge on any atom is 0.185 e. The Morgan fingerprint density at radius 2 is 2.39 bits per heavy atom. The SMILES string of the molecule is CCN(CCOC)c1nc2c(s1)C(NC)CCC2. The number of likely N-dealkylation sites (N-methyl/N-ethyl adjacent to an activating group) is 1. The fourth-order valence-electron chi connectivity index (χ4n) is 2.41. The van der Waals surface area contributed by atoms with Gasteiger partial charge in [-0.05, 0) is 33.2 Å². The van der Waals surface area contributed by atoms with Crippen molar-refractivity contribution in [1.82, 2.24) is 10.3 Å². The van der Waals surface area contributed by atoms with E-state index < -0.39 is 0 Å². The molecule has 1 unspecified atom stereocenters. The van der Waals surface area contributed by atoms with Crippen molar-refractivity contribution in [3.05, 3.63) is 10.6 Å². The van der Waals surface area contributed by atoms with Gasteiger partial charge in [0.25, 0.3) is 0 Å². The molecule has 0 fully saturated rings. The lowest BCUT2D eigenvalue weighted by atomic mass is 9.98. The van der Waals surface area contributed by atoms with Crippen molar-refractivity contribution in [2.24, 2.45) is 0 Å². The number of thiazole rings is 1. The van der Waals surface area contributed by atoms with Gasteiger partial charge in [-0.25, -0.2) is 4.98 Å². The van der Waals surface area contributed by atoms with Crippen molar-refractivity contribution in [2.45, 2.75) is 32.2 Å². The van der Waals surface area contributed by atoms with Gasteiger partial charge in [-0.2, -0.15) is 0 Å². The summed E-state index contributed by atoms with van der Waals surface area (Å²) in [6.07, 6.45) is 3.60. The summed E-state index contributed by atoms with van der Waals surface area (Å²) in [7, 11) is 3.79. The van der Waals surface area contributed by atoms with Gasteiger partial charge >= 0.3 is 0 Å². The van der Waals surface area contributed by atoms with Gasteiger partial charge in [-0.1, -0.05) is 11.3 Å². The zero-order valence-electron chi connectivity index (χ0n) is 11.5. The Morgan fingerprint density at radius 3 is 3.06 bits per heavy atom. The Morgan fingerprint density at radius 1 is 1.56 bits per heavy atom. The Balaban J connectivity index is 2.16. The molecule has 2 rings (SSSR count). The molecule has 5 heteroatoms. The van der Waals surface area contributed by atoms with E-state index >= 15 is 0 Å². The lowest BCUT2D eigenvalue weighted by molar-refractivity contribution is 0.205. The van der Waals surface area contributed by atoms with Crippen LogP contribution in [-0.2, 0) is 11.2 Å². The van der Waals surface area contributed by atoms with E-state index in [0.717, 1.165) is 31.2 Å². The molecule has 0 aromatic carbocycles. The highest BCUT2D eigenvalue weighted by Gasteiger charge is 2.24. The molecule has 1 atom stereocenters. The molecule has 4 nitrogen and oxygen atoms in total. The minimum Gasteiger partial charge on any atom is -0.383 e. The first-order chi connectivity index (χ1) is 8.80. The molecule has 1 aromatic rings. The van der Waals surface area contributed by atoms with E-state index in [2.05, 4.69) is 17.1 Å². The molecule has 1 aromatic heterocycles. The molecule has 1 aliphatic carbocycles. The summed E-state index contributed by atoms with van der Waals surface area (Å²) in [4.78, 5) is 8.57. The molecule has 0 aliphatic heterocycles. The Labute approximate surface area is 113 Å². The molecule has 0 saturated carbocycles. The van der Waals surface area contributed by atoms with Gasteiger partial charge < -0.3 is 15.0 Å². The Hall–Kier alpha value is -0.650. The van der Waals surface area contributed by atoms with E-state index in [1.54, 1.807) is 7.11 Å². The largest absolute Gasteiger partial charge is 0.383 e. The van der Waals surface area contributed by atoms with Gasteiger partial charge in [0.15, 0.2) is 5.13 Å². The maximum absolute atomic E-state index is 5.16. The summed E-state index contributed by atoms with van der Waals surface area (Å²) in [5.41, 5.74) is 1.30. The normalized spacial score (nSPS) is 18.7. The highest BCUT2D eigenvalue weighted by Crippen LogP contribution is 2.37. The number of hydrogen-bond donors (Lipinski definition) is 1. The van der Waals surface area contributed by atoms with Crippen LogP contribution in [0.2, 0.25) is 0 Å². The van der Waals surface area contributed by atoms with Crippen molar-refractivity contribution in [2.75, 3.05) is 38.8 Å². The fourth-order valence-corrected chi connectivity index (χ4v) is 3.75. The molecule has 102 valence electrons. The molecular formula is C13H23N3OS. The summed E-state index contributed by atoms with van der Waals surface area (Å²) in [6.45, 7) is 4.84. The predicted octanol–water partition coefficient (Wildman–Crippen LogP) is 2.21. The second-order valence-corrected chi connectivity index (χ2v) is 5.62. The zero-order chi connectivity index (χ0) is 13.0. The average Bonchev–Trinajstić information content (AvgIpc) is 2.83. The summed E-state index contributed by atoms with van der Waals surface area (Å²) >= 11 is 1.85. The summed E-state index contributed by atoms with van der Waals surface area (Å²) in [5, 5.41) is 4.56. The zero-order valence-corrected chi connectivity index (χ0v) is 12.3. The maximum atomic E-state index is 5.16. The fraction of sp³-hybridized carbons (Fsp3) is 0.769. The van der Waals surface area contributed by atoms with E-state index in [0.29, 0.717) is 6.04 Å². The van der Waals surface area contributed by atoms with Gasteiger partial charge in [0.2, 0.25) is 0 Å². The van der Waals surface area contributed by atoms with E-state index in [-0.39, 0.29) is 0 Å². The van der Waals surface area contributed by atoms with Crippen molar-refractivity contribution in [3.8, 4) is 0 Å². The molecule has 1 N–H and O–H groups in total. The van der Waals surface area contributed by atoms with Crippen LogP contribution in [0.3, 0.4) is 0 Å². The van der Waals surface area contributed by atoms with E-state index in [9.17, 15) is 0 Å². The quantitative estimate of drug-likeness (QED) is 0.859. The number of hydrogen-bond acceptors (Lipinski definition) is 5. The third kappa shape index (κ3) is 2.84. The molecule has 1 heterocycles. The van der Waals surface area contributed by atoms with Crippen LogP contribution >= 0.6 is 11.3 Å². The first-order valence-corrected chi connectivity index (χ1v) is 7.52. The molecule has 0 amide bonds. The number of rotatable bonds is 6. The predicted molar refractivity (Wildman–Crippen MR) is 76.6 cm³/mol. The summed E-state index contributed by atoms with van der Waals surface area (Å²) in [6, 6.07) is 0.501. The van der Waals surface area contributed by atoms with Crippen molar-refractivity contribution < 1.29 is 4.74 Å². The van der Waals surface area contributed by atoms with Crippen LogP contribution in [0.15, 0.2) is 0 Å². The number of aromatic nitrogens is 1. The number of aryl methyl sites for hydroxylation is 1. The third-order valence-corrected chi connectivity index (χ3v) is 4.78. The smallest absolute Gasteiger partial charge is 0.185 e. The molecule has 0 bridgehead atoms. The highest BCUT2D eigenvalue weighted by molar-refractivity contribution is 7.15. The van der Waals surface area contributed by atoms with E-state index in [1.165, 1.54) is 23.4 Å². The lowest BCUT2D eigenvalue weighted by Crippen LogP contribution is -2.26. The topological polar surface area (TPSA) is 37.4 Å². The second-order valence-electron chi connectivity index (χ2n) is 4.61. The Kier molecular flexibility index (Phi) is 4.97.